The first-order valence-corrected chi connectivity index (χ1v) is 6.16. The predicted octanol–water partition coefficient (Wildman–Crippen LogP) is 2.05. The molecule has 4 atom stereocenters. The van der Waals surface area contributed by atoms with E-state index in [1.165, 1.54) is 31.8 Å². The molecule has 2 aliphatic carbocycles. The summed E-state index contributed by atoms with van der Waals surface area (Å²) in [5.74, 6) is 0.494. The Balaban J connectivity index is 2.00. The number of esters is 1. The van der Waals surface area contributed by atoms with E-state index in [2.05, 4.69) is 6.58 Å². The highest BCUT2D eigenvalue weighted by Crippen LogP contribution is 2.46. The molecule has 2 saturated carbocycles. The Morgan fingerprint density at radius 3 is 2.88 bits per heavy atom. The van der Waals surface area contributed by atoms with Gasteiger partial charge in [0.2, 0.25) is 0 Å². The van der Waals surface area contributed by atoms with E-state index >= 15 is 0 Å². The monoisotopic (exact) mass is 224 g/mol. The number of ether oxygens (including phenoxy) is 1. The number of carbonyl (C=O) groups is 1. The van der Waals surface area contributed by atoms with Crippen LogP contribution in [0.2, 0.25) is 0 Å². The van der Waals surface area contributed by atoms with Crippen molar-refractivity contribution in [1.82, 2.24) is 0 Å². The largest absolute Gasteiger partial charge is 0.460 e. The standard InChI is InChI=1S/C13H20O3/c1-8-7-12(16-13(15)9(2)14)11-6-4-3-5-10(8)11/h9-12,14H,1,3-7H2,2H3/t9-,10+,11+,12+/m0/s1. The lowest BCUT2D eigenvalue weighted by molar-refractivity contribution is -0.160. The van der Waals surface area contributed by atoms with Gasteiger partial charge < -0.3 is 9.84 Å². The Morgan fingerprint density at radius 2 is 2.19 bits per heavy atom. The molecule has 2 aliphatic rings. The molecule has 3 nitrogen and oxygen atoms in total. The fourth-order valence-corrected chi connectivity index (χ4v) is 3.05. The van der Waals surface area contributed by atoms with Gasteiger partial charge in [0.05, 0.1) is 0 Å². The fourth-order valence-electron chi connectivity index (χ4n) is 3.05. The van der Waals surface area contributed by atoms with Crippen LogP contribution in [0.3, 0.4) is 0 Å². The second-order valence-corrected chi connectivity index (χ2v) is 5.07. The summed E-state index contributed by atoms with van der Waals surface area (Å²) >= 11 is 0. The molecule has 0 radical (unpaired) electrons. The van der Waals surface area contributed by atoms with Crippen LogP contribution in [0.4, 0.5) is 0 Å². The molecule has 16 heavy (non-hydrogen) atoms. The second kappa shape index (κ2) is 4.58. The maximum absolute atomic E-state index is 11.4. The SMILES string of the molecule is C=C1C[C@@H](OC(=O)[C@H](C)O)[C@@H]2CCCC[C@H]12. The van der Waals surface area contributed by atoms with Gasteiger partial charge in [-0.2, -0.15) is 0 Å². The van der Waals surface area contributed by atoms with Gasteiger partial charge in [0.1, 0.15) is 12.2 Å². The lowest BCUT2D eigenvalue weighted by Gasteiger charge is -2.29. The molecule has 0 bridgehead atoms. The molecular formula is C13H20O3. The van der Waals surface area contributed by atoms with E-state index in [1.807, 2.05) is 0 Å². The third-order valence-electron chi connectivity index (χ3n) is 3.89. The molecule has 0 aliphatic heterocycles. The highest BCUT2D eigenvalue weighted by atomic mass is 16.6. The first-order chi connectivity index (χ1) is 7.59. The minimum Gasteiger partial charge on any atom is -0.460 e. The van der Waals surface area contributed by atoms with Crippen LogP contribution < -0.4 is 0 Å². The van der Waals surface area contributed by atoms with Crippen molar-refractivity contribution in [2.24, 2.45) is 11.8 Å². The molecule has 3 heteroatoms. The van der Waals surface area contributed by atoms with Crippen LogP contribution in [-0.2, 0) is 9.53 Å². The molecule has 1 N–H and O–H groups in total. The Labute approximate surface area is 96.5 Å². The Morgan fingerprint density at radius 1 is 1.50 bits per heavy atom. The summed E-state index contributed by atoms with van der Waals surface area (Å²) in [4.78, 5) is 11.4. The van der Waals surface area contributed by atoms with Crippen molar-refractivity contribution in [3.8, 4) is 0 Å². The Hall–Kier alpha value is -0.830. The zero-order valence-corrected chi connectivity index (χ0v) is 9.82. The molecule has 0 aromatic heterocycles. The van der Waals surface area contributed by atoms with Gasteiger partial charge in [0.25, 0.3) is 0 Å². The molecule has 0 heterocycles. The van der Waals surface area contributed by atoms with Gasteiger partial charge in [-0.1, -0.05) is 25.0 Å². The van der Waals surface area contributed by atoms with Crippen molar-refractivity contribution in [3.05, 3.63) is 12.2 Å². The average Bonchev–Trinajstić information content (AvgIpc) is 2.57. The van der Waals surface area contributed by atoms with E-state index < -0.39 is 12.1 Å². The molecule has 0 saturated heterocycles. The number of hydrogen-bond acceptors (Lipinski definition) is 3. The van der Waals surface area contributed by atoms with Crippen LogP contribution in [0.5, 0.6) is 0 Å². The summed E-state index contributed by atoms with van der Waals surface area (Å²) in [5.41, 5.74) is 1.23. The van der Waals surface area contributed by atoms with Crippen LogP contribution >= 0.6 is 0 Å². The third-order valence-corrected chi connectivity index (χ3v) is 3.89. The summed E-state index contributed by atoms with van der Waals surface area (Å²) in [5, 5.41) is 9.15. The van der Waals surface area contributed by atoms with Crippen molar-refractivity contribution in [2.45, 2.75) is 51.2 Å². The normalized spacial score (nSPS) is 35.6. The van der Waals surface area contributed by atoms with Gasteiger partial charge in [-0.3, -0.25) is 0 Å². The summed E-state index contributed by atoms with van der Waals surface area (Å²) < 4.78 is 5.36. The third kappa shape index (κ3) is 2.14. The quantitative estimate of drug-likeness (QED) is 0.577. The van der Waals surface area contributed by atoms with E-state index in [0.29, 0.717) is 11.8 Å². The predicted molar refractivity (Wildman–Crippen MR) is 60.8 cm³/mol. The number of rotatable bonds is 2. The molecule has 2 rings (SSSR count). The number of aliphatic hydroxyl groups excluding tert-OH is 1. The van der Waals surface area contributed by atoms with Crippen LogP contribution in [-0.4, -0.2) is 23.3 Å². The van der Waals surface area contributed by atoms with Crippen molar-refractivity contribution >= 4 is 5.97 Å². The van der Waals surface area contributed by atoms with Crippen LogP contribution in [0.25, 0.3) is 0 Å². The van der Waals surface area contributed by atoms with Crippen LogP contribution in [0, 0.1) is 11.8 Å². The molecule has 0 spiro atoms. The lowest BCUT2D eigenvalue weighted by Crippen LogP contribution is -2.31. The maximum Gasteiger partial charge on any atom is 0.334 e. The molecule has 0 aromatic carbocycles. The minimum atomic E-state index is -1.02. The lowest BCUT2D eigenvalue weighted by atomic mass is 9.80. The number of hydrogen-bond donors (Lipinski definition) is 1. The Bertz CT molecular complexity index is 296. The van der Waals surface area contributed by atoms with Crippen LogP contribution in [0.1, 0.15) is 39.0 Å². The summed E-state index contributed by atoms with van der Waals surface area (Å²) in [6.45, 7) is 5.54. The first-order valence-electron chi connectivity index (χ1n) is 6.16. The average molecular weight is 224 g/mol. The molecular weight excluding hydrogens is 204 g/mol. The molecule has 2 fully saturated rings. The molecule has 0 amide bonds. The first kappa shape index (κ1) is 11.6. The number of aliphatic hydroxyl groups is 1. The minimum absolute atomic E-state index is 0.0418. The van der Waals surface area contributed by atoms with E-state index in [4.69, 9.17) is 9.84 Å². The van der Waals surface area contributed by atoms with E-state index in [0.717, 1.165) is 12.8 Å². The zero-order valence-electron chi connectivity index (χ0n) is 9.82. The summed E-state index contributed by atoms with van der Waals surface area (Å²) in [6, 6.07) is 0. The summed E-state index contributed by atoms with van der Waals surface area (Å²) in [7, 11) is 0. The summed E-state index contributed by atoms with van der Waals surface area (Å²) in [6.07, 6.45) is 4.52. The van der Waals surface area contributed by atoms with Gasteiger partial charge in [0.15, 0.2) is 0 Å². The maximum atomic E-state index is 11.4. The van der Waals surface area contributed by atoms with Crippen molar-refractivity contribution in [2.75, 3.05) is 0 Å². The molecule has 90 valence electrons. The van der Waals surface area contributed by atoms with Crippen LogP contribution in [0.15, 0.2) is 12.2 Å². The van der Waals surface area contributed by atoms with Gasteiger partial charge in [-0.15, -0.1) is 0 Å². The van der Waals surface area contributed by atoms with E-state index in [1.54, 1.807) is 0 Å². The van der Waals surface area contributed by atoms with Gasteiger partial charge >= 0.3 is 5.97 Å². The van der Waals surface area contributed by atoms with Crippen molar-refractivity contribution < 1.29 is 14.6 Å². The number of fused-ring (bicyclic) bond motifs is 1. The van der Waals surface area contributed by atoms with Gasteiger partial charge in [-0.05, 0) is 25.7 Å². The van der Waals surface area contributed by atoms with Crippen molar-refractivity contribution in [3.63, 3.8) is 0 Å². The van der Waals surface area contributed by atoms with E-state index in [-0.39, 0.29) is 6.10 Å². The Kier molecular flexibility index (Phi) is 3.33. The topological polar surface area (TPSA) is 46.5 Å². The van der Waals surface area contributed by atoms with E-state index in [9.17, 15) is 4.79 Å². The zero-order chi connectivity index (χ0) is 11.7. The molecule has 0 aromatic rings. The van der Waals surface area contributed by atoms with Crippen molar-refractivity contribution in [1.29, 1.82) is 0 Å². The smallest absolute Gasteiger partial charge is 0.334 e. The van der Waals surface area contributed by atoms with Gasteiger partial charge in [0, 0.05) is 12.3 Å². The fraction of sp³-hybridized carbons (Fsp3) is 0.769. The highest BCUT2D eigenvalue weighted by molar-refractivity contribution is 5.74. The highest BCUT2D eigenvalue weighted by Gasteiger charge is 2.42. The molecule has 0 unspecified atom stereocenters. The second-order valence-electron chi connectivity index (χ2n) is 5.07. The number of carbonyl (C=O) groups excluding carboxylic acids is 1. The van der Waals surface area contributed by atoms with Gasteiger partial charge in [-0.25, -0.2) is 4.79 Å².